The summed E-state index contributed by atoms with van der Waals surface area (Å²) in [5.74, 6) is 0. The molecule has 0 aliphatic rings. The number of hydrogen-bond acceptors (Lipinski definition) is 2. The molecule has 0 saturated heterocycles. The van der Waals surface area contributed by atoms with Gasteiger partial charge in [-0.25, -0.2) is 0 Å². The molecule has 1 nitrogen and oxygen atoms in total. The van der Waals surface area contributed by atoms with Crippen molar-refractivity contribution in [3.63, 3.8) is 0 Å². The number of aryl methyl sites for hydroxylation is 1. The third-order valence-corrected chi connectivity index (χ3v) is 4.44. The molecular formula is C15H19NS. The molecule has 0 saturated carbocycles. The summed E-state index contributed by atoms with van der Waals surface area (Å²) in [7, 11) is 0. The van der Waals surface area contributed by atoms with E-state index < -0.39 is 0 Å². The molecule has 1 heterocycles. The van der Waals surface area contributed by atoms with Gasteiger partial charge >= 0.3 is 0 Å². The van der Waals surface area contributed by atoms with Crippen molar-refractivity contribution < 1.29 is 0 Å². The predicted octanol–water partition coefficient (Wildman–Crippen LogP) is 4.44. The number of nitrogens with one attached hydrogen (secondary N) is 1. The van der Waals surface area contributed by atoms with Crippen LogP contribution < -0.4 is 5.32 Å². The van der Waals surface area contributed by atoms with Crippen LogP contribution >= 0.6 is 11.3 Å². The maximum atomic E-state index is 3.93. The zero-order chi connectivity index (χ0) is 12.4. The zero-order valence-electron chi connectivity index (χ0n) is 10.7. The Hall–Kier alpha value is -1.12. The van der Waals surface area contributed by atoms with Crippen molar-refractivity contribution in [1.82, 2.24) is 5.32 Å². The lowest BCUT2D eigenvalue weighted by atomic mass is 10.1. The Morgan fingerprint density at radius 3 is 2.76 bits per heavy atom. The minimum Gasteiger partial charge on any atom is -0.306 e. The zero-order valence-corrected chi connectivity index (χ0v) is 11.5. The standard InChI is InChI=1S/C15H19NS/c1-10(2)9-16-12(4)15-11(3)13-7-5-6-8-14(13)17-15/h5-8,12,16H,1,9H2,2-4H3. The molecule has 0 aliphatic heterocycles. The average Bonchev–Trinajstić information content (AvgIpc) is 2.64. The van der Waals surface area contributed by atoms with Crippen molar-refractivity contribution in [2.75, 3.05) is 6.54 Å². The lowest BCUT2D eigenvalue weighted by Gasteiger charge is -2.13. The van der Waals surface area contributed by atoms with E-state index in [1.165, 1.54) is 26.1 Å². The summed E-state index contributed by atoms with van der Waals surface area (Å²) in [6, 6.07) is 9.01. The predicted molar refractivity (Wildman–Crippen MR) is 77.8 cm³/mol. The van der Waals surface area contributed by atoms with Gasteiger partial charge in [0.1, 0.15) is 0 Å². The molecule has 2 aromatic rings. The highest BCUT2D eigenvalue weighted by Crippen LogP contribution is 2.34. The van der Waals surface area contributed by atoms with E-state index in [-0.39, 0.29) is 0 Å². The first kappa shape index (κ1) is 12.3. The van der Waals surface area contributed by atoms with Crippen LogP contribution in [0.3, 0.4) is 0 Å². The number of fused-ring (bicyclic) bond motifs is 1. The Balaban J connectivity index is 2.29. The first-order chi connectivity index (χ1) is 8.09. The van der Waals surface area contributed by atoms with Gasteiger partial charge in [-0.2, -0.15) is 0 Å². The van der Waals surface area contributed by atoms with Crippen LogP contribution in [0.5, 0.6) is 0 Å². The van der Waals surface area contributed by atoms with Crippen LogP contribution in [-0.4, -0.2) is 6.54 Å². The van der Waals surface area contributed by atoms with Crippen molar-refractivity contribution >= 4 is 21.4 Å². The molecule has 1 aromatic carbocycles. The molecule has 1 unspecified atom stereocenters. The maximum absolute atomic E-state index is 3.93. The van der Waals surface area contributed by atoms with Crippen LogP contribution in [0.25, 0.3) is 10.1 Å². The Morgan fingerprint density at radius 1 is 1.41 bits per heavy atom. The molecule has 2 rings (SSSR count). The van der Waals surface area contributed by atoms with Gasteiger partial charge in [0.2, 0.25) is 0 Å². The summed E-state index contributed by atoms with van der Waals surface area (Å²) in [4.78, 5) is 1.44. The van der Waals surface area contributed by atoms with Crippen molar-refractivity contribution in [2.45, 2.75) is 26.8 Å². The monoisotopic (exact) mass is 245 g/mol. The first-order valence-corrected chi connectivity index (χ1v) is 6.77. The second-order valence-electron chi connectivity index (χ2n) is 4.65. The van der Waals surface area contributed by atoms with E-state index in [1.54, 1.807) is 0 Å². The fourth-order valence-electron chi connectivity index (χ4n) is 2.03. The van der Waals surface area contributed by atoms with Crippen LogP contribution in [-0.2, 0) is 0 Å². The summed E-state index contributed by atoms with van der Waals surface area (Å²) in [5, 5.41) is 4.90. The SMILES string of the molecule is C=C(C)CNC(C)c1sc2ccccc2c1C. The van der Waals surface area contributed by atoms with Gasteiger partial charge in [-0.15, -0.1) is 11.3 Å². The minimum atomic E-state index is 0.393. The Labute approximate surface area is 107 Å². The van der Waals surface area contributed by atoms with E-state index >= 15 is 0 Å². The van der Waals surface area contributed by atoms with Crippen molar-refractivity contribution in [1.29, 1.82) is 0 Å². The first-order valence-electron chi connectivity index (χ1n) is 5.95. The molecule has 0 radical (unpaired) electrons. The third-order valence-electron chi connectivity index (χ3n) is 2.98. The van der Waals surface area contributed by atoms with Gasteiger partial charge in [0, 0.05) is 22.2 Å². The fourth-order valence-corrected chi connectivity index (χ4v) is 3.26. The fraction of sp³-hybridized carbons (Fsp3) is 0.333. The number of thiophene rings is 1. The van der Waals surface area contributed by atoms with Crippen LogP contribution in [0.1, 0.15) is 30.3 Å². The third kappa shape index (κ3) is 2.59. The molecular weight excluding hydrogens is 226 g/mol. The molecule has 90 valence electrons. The van der Waals surface area contributed by atoms with Crippen LogP contribution in [0, 0.1) is 6.92 Å². The van der Waals surface area contributed by atoms with Gasteiger partial charge in [-0.1, -0.05) is 30.4 Å². The molecule has 0 fully saturated rings. The lowest BCUT2D eigenvalue weighted by molar-refractivity contribution is 0.615. The van der Waals surface area contributed by atoms with Crippen LogP contribution in [0.4, 0.5) is 0 Å². The highest BCUT2D eigenvalue weighted by Gasteiger charge is 2.13. The van der Waals surface area contributed by atoms with Crippen molar-refractivity contribution in [3.05, 3.63) is 46.9 Å². The minimum absolute atomic E-state index is 0.393. The Bertz CT molecular complexity index is 539. The molecule has 1 atom stereocenters. The molecule has 1 N–H and O–H groups in total. The number of hydrogen-bond donors (Lipinski definition) is 1. The van der Waals surface area contributed by atoms with Gasteiger partial charge in [0.15, 0.2) is 0 Å². The van der Waals surface area contributed by atoms with E-state index in [1.807, 2.05) is 11.3 Å². The molecule has 0 aliphatic carbocycles. The number of rotatable bonds is 4. The Kier molecular flexibility index (Phi) is 3.65. The van der Waals surface area contributed by atoms with E-state index in [4.69, 9.17) is 0 Å². The maximum Gasteiger partial charge on any atom is 0.0391 e. The van der Waals surface area contributed by atoms with E-state index in [0.717, 1.165) is 6.54 Å². The van der Waals surface area contributed by atoms with Gasteiger partial charge < -0.3 is 5.32 Å². The van der Waals surface area contributed by atoms with Gasteiger partial charge in [-0.05, 0) is 37.8 Å². The highest BCUT2D eigenvalue weighted by atomic mass is 32.1. The van der Waals surface area contributed by atoms with Gasteiger partial charge in [0.05, 0.1) is 0 Å². The largest absolute Gasteiger partial charge is 0.306 e. The number of benzene rings is 1. The molecule has 17 heavy (non-hydrogen) atoms. The van der Waals surface area contributed by atoms with Crippen LogP contribution in [0.2, 0.25) is 0 Å². The van der Waals surface area contributed by atoms with E-state index in [0.29, 0.717) is 6.04 Å². The van der Waals surface area contributed by atoms with Gasteiger partial charge in [0.25, 0.3) is 0 Å². The summed E-state index contributed by atoms with van der Waals surface area (Å²) < 4.78 is 1.38. The second kappa shape index (κ2) is 5.03. The van der Waals surface area contributed by atoms with Crippen LogP contribution in [0.15, 0.2) is 36.4 Å². The summed E-state index contributed by atoms with van der Waals surface area (Å²) >= 11 is 1.89. The molecule has 1 aromatic heterocycles. The normalized spacial score (nSPS) is 12.9. The van der Waals surface area contributed by atoms with Gasteiger partial charge in [-0.3, -0.25) is 0 Å². The smallest absolute Gasteiger partial charge is 0.0391 e. The van der Waals surface area contributed by atoms with E-state index in [9.17, 15) is 0 Å². The average molecular weight is 245 g/mol. The topological polar surface area (TPSA) is 12.0 Å². The molecule has 2 heteroatoms. The quantitative estimate of drug-likeness (QED) is 0.785. The second-order valence-corrected chi connectivity index (χ2v) is 5.73. The Morgan fingerprint density at radius 2 is 2.12 bits per heavy atom. The van der Waals surface area contributed by atoms with Crippen molar-refractivity contribution in [2.24, 2.45) is 0 Å². The summed E-state index contributed by atoms with van der Waals surface area (Å²) in [6.45, 7) is 11.3. The lowest BCUT2D eigenvalue weighted by Crippen LogP contribution is -2.19. The van der Waals surface area contributed by atoms with Crippen molar-refractivity contribution in [3.8, 4) is 0 Å². The summed E-state index contributed by atoms with van der Waals surface area (Å²) in [6.07, 6.45) is 0. The van der Waals surface area contributed by atoms with E-state index in [2.05, 4.69) is 56.9 Å². The highest BCUT2D eigenvalue weighted by molar-refractivity contribution is 7.19. The summed E-state index contributed by atoms with van der Waals surface area (Å²) in [5.41, 5.74) is 2.59. The molecule has 0 amide bonds. The molecule has 0 bridgehead atoms. The molecule has 0 spiro atoms.